The van der Waals surface area contributed by atoms with E-state index in [2.05, 4.69) is 0 Å². The number of aliphatic hydroxyl groups is 2. The number of β-amino-alcohol motifs (C(OH)–C–C–N with tert-alkyl or cyclic N) is 1. The number of sulfonamides is 1. The van der Waals surface area contributed by atoms with Gasteiger partial charge in [0, 0.05) is 56.2 Å². The average molecular weight is 532 g/mol. The largest absolute Gasteiger partial charge is 0.421 e. The van der Waals surface area contributed by atoms with Crippen molar-refractivity contribution in [3.8, 4) is 0 Å². The van der Waals surface area contributed by atoms with Crippen LogP contribution in [-0.2, 0) is 15.6 Å². The number of likely N-dealkylation sites (tertiary alicyclic amines) is 1. The highest BCUT2D eigenvalue weighted by atomic mass is 32.2. The molecule has 0 radical (unpaired) electrons. The van der Waals surface area contributed by atoms with Crippen LogP contribution < -0.4 is 4.90 Å². The summed E-state index contributed by atoms with van der Waals surface area (Å²) < 4.78 is 67.8. The first-order chi connectivity index (χ1) is 16.3. The molecule has 35 heavy (non-hydrogen) atoms. The summed E-state index contributed by atoms with van der Waals surface area (Å²) in [6.07, 6.45) is 0.140. The molecule has 0 aromatic heterocycles. The van der Waals surface area contributed by atoms with Crippen LogP contribution in [0.5, 0.6) is 0 Å². The number of thiocarbonyl (C=S) groups is 1. The monoisotopic (exact) mass is 531 g/mol. The zero-order valence-corrected chi connectivity index (χ0v) is 20.8. The fraction of sp³-hybridized carbons (Fsp3) is 0.522. The highest BCUT2D eigenvalue weighted by Crippen LogP contribution is 2.39. The standard InChI is InChI=1S/C23H28F3N3O4S2/c1-22(31,23(24,25)26)16-6-8-17(9-7-16)29-11-10-28(13-18(29)12-27-14-19(30)15-27)35(32,33)21-5-3-2-4-20(21)34/h2-3,5-9,18-19,30-31H,4,10-15H2,1H3/t18-,22-/m1/s1. The smallest absolute Gasteiger partial charge is 0.390 e. The van der Waals surface area contributed by atoms with Crippen molar-refractivity contribution in [2.45, 2.75) is 37.3 Å². The molecule has 4 rings (SSSR count). The first-order valence-corrected chi connectivity index (χ1v) is 13.1. The molecule has 0 saturated carbocycles. The van der Waals surface area contributed by atoms with Gasteiger partial charge in [-0.15, -0.1) is 0 Å². The van der Waals surface area contributed by atoms with Gasteiger partial charge in [-0.2, -0.15) is 17.5 Å². The molecule has 1 aromatic carbocycles. The van der Waals surface area contributed by atoms with Gasteiger partial charge in [-0.05, 0) is 30.7 Å². The molecule has 2 heterocycles. The molecule has 192 valence electrons. The molecular weight excluding hydrogens is 503 g/mol. The second-order valence-corrected chi connectivity index (χ2v) is 11.7. The number of alkyl halides is 3. The van der Waals surface area contributed by atoms with E-state index in [9.17, 15) is 31.8 Å². The molecule has 1 aromatic rings. The fourth-order valence-corrected chi connectivity index (χ4v) is 6.64. The maximum atomic E-state index is 13.3. The molecule has 2 aliphatic heterocycles. The zero-order valence-electron chi connectivity index (χ0n) is 19.1. The van der Waals surface area contributed by atoms with Crippen molar-refractivity contribution < 1.29 is 31.8 Å². The molecule has 7 nitrogen and oxygen atoms in total. The summed E-state index contributed by atoms with van der Waals surface area (Å²) in [6, 6.07) is 5.22. The third-order valence-corrected chi connectivity index (χ3v) is 9.21. The van der Waals surface area contributed by atoms with Gasteiger partial charge in [0.1, 0.15) is 0 Å². The second kappa shape index (κ2) is 9.56. The summed E-state index contributed by atoms with van der Waals surface area (Å²) in [7, 11) is -3.80. The quantitative estimate of drug-likeness (QED) is 0.545. The Hall–Kier alpha value is -1.83. The number of benzene rings is 1. The minimum Gasteiger partial charge on any atom is -0.390 e. The molecule has 2 fully saturated rings. The molecular formula is C23H28F3N3O4S2. The van der Waals surface area contributed by atoms with E-state index in [0.29, 0.717) is 50.1 Å². The Morgan fingerprint density at radius 3 is 2.34 bits per heavy atom. The van der Waals surface area contributed by atoms with Crippen molar-refractivity contribution in [3.63, 3.8) is 0 Å². The SMILES string of the molecule is C[C@@](O)(c1ccc(N2CCN(S(=O)(=O)C3=CC=CCC3=S)C[C@H]2CN2CC(O)C2)cc1)C(F)(F)F. The predicted octanol–water partition coefficient (Wildman–Crippen LogP) is 2.17. The van der Waals surface area contributed by atoms with Crippen LogP contribution in [0.3, 0.4) is 0 Å². The number of anilines is 1. The summed E-state index contributed by atoms with van der Waals surface area (Å²) in [5, 5.41) is 19.6. The minimum absolute atomic E-state index is 0.125. The lowest BCUT2D eigenvalue weighted by molar-refractivity contribution is -0.258. The predicted molar refractivity (Wildman–Crippen MR) is 131 cm³/mol. The molecule has 0 amide bonds. The maximum absolute atomic E-state index is 13.3. The van der Waals surface area contributed by atoms with Crippen molar-refractivity contribution in [1.29, 1.82) is 0 Å². The van der Waals surface area contributed by atoms with Gasteiger partial charge in [0.15, 0.2) is 5.60 Å². The Balaban J connectivity index is 1.58. The van der Waals surface area contributed by atoms with Gasteiger partial charge in [0.25, 0.3) is 0 Å². The van der Waals surface area contributed by atoms with Crippen molar-refractivity contribution in [3.05, 3.63) is 53.0 Å². The maximum Gasteiger partial charge on any atom is 0.421 e. The first kappa shape index (κ1) is 26.2. The Labute approximate surface area is 208 Å². The van der Waals surface area contributed by atoms with Gasteiger partial charge in [-0.3, -0.25) is 4.90 Å². The van der Waals surface area contributed by atoms with Crippen LogP contribution in [0.1, 0.15) is 18.9 Å². The summed E-state index contributed by atoms with van der Waals surface area (Å²) in [5.74, 6) is 0. The average Bonchev–Trinajstić information content (AvgIpc) is 2.77. The molecule has 0 bridgehead atoms. The molecule has 1 aliphatic carbocycles. The topological polar surface area (TPSA) is 84.3 Å². The van der Waals surface area contributed by atoms with E-state index in [1.54, 1.807) is 12.2 Å². The van der Waals surface area contributed by atoms with Crippen molar-refractivity contribution in [2.24, 2.45) is 0 Å². The highest BCUT2D eigenvalue weighted by molar-refractivity contribution is 7.96. The molecule has 0 unspecified atom stereocenters. The Bertz CT molecular complexity index is 1130. The number of piperazine rings is 1. The zero-order chi connectivity index (χ0) is 25.6. The van der Waals surface area contributed by atoms with E-state index in [1.165, 1.54) is 34.6 Å². The van der Waals surface area contributed by atoms with Gasteiger partial charge >= 0.3 is 6.18 Å². The van der Waals surface area contributed by atoms with E-state index < -0.39 is 27.9 Å². The number of halogens is 3. The number of allylic oxidation sites excluding steroid dienone is 4. The first-order valence-electron chi connectivity index (χ1n) is 11.3. The van der Waals surface area contributed by atoms with E-state index in [0.717, 1.165) is 0 Å². The summed E-state index contributed by atoms with van der Waals surface area (Å²) >= 11 is 5.28. The van der Waals surface area contributed by atoms with Crippen LogP contribution in [0.2, 0.25) is 0 Å². The number of rotatable bonds is 6. The minimum atomic E-state index is -4.82. The van der Waals surface area contributed by atoms with Gasteiger partial charge < -0.3 is 15.1 Å². The van der Waals surface area contributed by atoms with Crippen LogP contribution in [0.4, 0.5) is 18.9 Å². The van der Waals surface area contributed by atoms with Crippen LogP contribution in [0.15, 0.2) is 47.4 Å². The van der Waals surface area contributed by atoms with Gasteiger partial charge in [0.2, 0.25) is 10.0 Å². The second-order valence-electron chi connectivity index (χ2n) is 9.29. The number of nitrogens with zero attached hydrogens (tertiary/aromatic N) is 3. The number of aliphatic hydroxyl groups excluding tert-OH is 1. The molecule has 12 heteroatoms. The Morgan fingerprint density at radius 1 is 1.11 bits per heavy atom. The van der Waals surface area contributed by atoms with Gasteiger partial charge in [-0.25, -0.2) is 8.42 Å². The third-order valence-electron chi connectivity index (χ3n) is 6.74. The van der Waals surface area contributed by atoms with Crippen molar-refractivity contribution in [2.75, 3.05) is 44.2 Å². The lowest BCUT2D eigenvalue weighted by Gasteiger charge is -2.46. The summed E-state index contributed by atoms with van der Waals surface area (Å²) in [4.78, 5) is 4.47. The summed E-state index contributed by atoms with van der Waals surface area (Å²) in [6.45, 7) is 2.83. The Morgan fingerprint density at radius 2 is 1.77 bits per heavy atom. The Kier molecular flexibility index (Phi) is 7.17. The molecule has 3 aliphatic rings. The van der Waals surface area contributed by atoms with E-state index in [-0.39, 0.29) is 29.6 Å². The molecule has 2 saturated heterocycles. The lowest BCUT2D eigenvalue weighted by Crippen LogP contribution is -2.62. The molecule has 0 spiro atoms. The van der Waals surface area contributed by atoms with Crippen LogP contribution >= 0.6 is 12.2 Å². The normalized spacial score (nSPS) is 24.7. The lowest BCUT2D eigenvalue weighted by atomic mass is 9.95. The van der Waals surface area contributed by atoms with Crippen LogP contribution in [0, 0.1) is 0 Å². The summed E-state index contributed by atoms with van der Waals surface area (Å²) in [5.41, 5.74) is -2.63. The molecule has 2 atom stereocenters. The third kappa shape index (κ3) is 5.18. The van der Waals surface area contributed by atoms with Crippen molar-refractivity contribution in [1.82, 2.24) is 9.21 Å². The van der Waals surface area contributed by atoms with Crippen LogP contribution in [0.25, 0.3) is 0 Å². The van der Waals surface area contributed by atoms with Gasteiger partial charge in [0.05, 0.1) is 17.1 Å². The van der Waals surface area contributed by atoms with E-state index in [1.807, 2.05) is 9.80 Å². The number of hydrogen-bond donors (Lipinski definition) is 2. The van der Waals surface area contributed by atoms with E-state index in [4.69, 9.17) is 12.2 Å². The number of hydrogen-bond acceptors (Lipinski definition) is 7. The molecule has 2 N–H and O–H groups in total. The fourth-order valence-electron chi connectivity index (χ4n) is 4.57. The van der Waals surface area contributed by atoms with Crippen molar-refractivity contribution >= 4 is 32.8 Å². The van der Waals surface area contributed by atoms with E-state index >= 15 is 0 Å². The highest BCUT2D eigenvalue weighted by Gasteiger charge is 2.51. The van der Waals surface area contributed by atoms with Gasteiger partial charge in [-0.1, -0.05) is 36.5 Å². The van der Waals surface area contributed by atoms with Crippen LogP contribution in [-0.4, -0.2) is 90.3 Å².